The van der Waals surface area contributed by atoms with Crippen molar-refractivity contribution in [1.29, 1.82) is 0 Å². The van der Waals surface area contributed by atoms with Crippen LogP contribution in [0.2, 0.25) is 0 Å². The standard InChI is InChI=1S/C19H24FN5O2/c1-14-23-17(13-18(24-14)25-8-10-27-11-9-25)21-6-7-22-19(26)12-15-4-2-3-5-16(15)20/h2-5,13H,6-12H2,1H3,(H,22,26)(H,21,23,24). The Balaban J connectivity index is 1.46. The highest BCUT2D eigenvalue weighted by molar-refractivity contribution is 5.78. The predicted octanol–water partition coefficient (Wildman–Crippen LogP) is 1.53. The van der Waals surface area contributed by atoms with Gasteiger partial charge in [-0.1, -0.05) is 18.2 Å². The van der Waals surface area contributed by atoms with Gasteiger partial charge in [-0.25, -0.2) is 14.4 Å². The first-order valence-electron chi connectivity index (χ1n) is 9.04. The molecule has 0 unspecified atom stereocenters. The van der Waals surface area contributed by atoms with Gasteiger partial charge in [-0.2, -0.15) is 0 Å². The van der Waals surface area contributed by atoms with Crippen LogP contribution >= 0.6 is 0 Å². The highest BCUT2D eigenvalue weighted by Gasteiger charge is 2.14. The van der Waals surface area contributed by atoms with E-state index in [1.807, 2.05) is 13.0 Å². The molecular weight excluding hydrogens is 349 g/mol. The van der Waals surface area contributed by atoms with Crippen LogP contribution in [0, 0.1) is 12.7 Å². The molecule has 0 spiro atoms. The van der Waals surface area contributed by atoms with Crippen LogP contribution in [0.3, 0.4) is 0 Å². The molecule has 1 aliphatic heterocycles. The third-order valence-corrected chi connectivity index (χ3v) is 4.22. The molecular formula is C19H24FN5O2. The summed E-state index contributed by atoms with van der Waals surface area (Å²) in [5.41, 5.74) is 0.393. The SMILES string of the molecule is Cc1nc(NCCNC(=O)Cc2ccccc2F)cc(N2CCOCC2)n1. The third kappa shape index (κ3) is 5.62. The summed E-state index contributed by atoms with van der Waals surface area (Å²) in [7, 11) is 0. The van der Waals surface area contributed by atoms with Crippen molar-refractivity contribution in [1.82, 2.24) is 15.3 Å². The molecule has 144 valence electrons. The lowest BCUT2D eigenvalue weighted by Crippen LogP contribution is -2.37. The van der Waals surface area contributed by atoms with Gasteiger partial charge in [-0.15, -0.1) is 0 Å². The molecule has 1 aromatic carbocycles. The molecule has 0 saturated carbocycles. The smallest absolute Gasteiger partial charge is 0.224 e. The Bertz CT molecular complexity index is 780. The molecule has 2 heterocycles. The zero-order valence-electron chi connectivity index (χ0n) is 15.4. The van der Waals surface area contributed by atoms with Crippen LogP contribution in [-0.2, 0) is 16.0 Å². The molecule has 7 nitrogen and oxygen atoms in total. The Morgan fingerprint density at radius 3 is 2.78 bits per heavy atom. The van der Waals surface area contributed by atoms with Crippen molar-refractivity contribution in [2.24, 2.45) is 0 Å². The van der Waals surface area contributed by atoms with E-state index in [0.29, 0.717) is 43.5 Å². The Morgan fingerprint density at radius 1 is 1.22 bits per heavy atom. The Hall–Kier alpha value is -2.74. The van der Waals surface area contributed by atoms with Crippen molar-refractivity contribution in [3.05, 3.63) is 47.5 Å². The summed E-state index contributed by atoms with van der Waals surface area (Å²) in [6.45, 7) is 5.79. The molecule has 27 heavy (non-hydrogen) atoms. The number of aryl methyl sites for hydroxylation is 1. The summed E-state index contributed by atoms with van der Waals surface area (Å²) in [5.74, 6) is 1.70. The number of morpholine rings is 1. The third-order valence-electron chi connectivity index (χ3n) is 4.22. The highest BCUT2D eigenvalue weighted by Crippen LogP contribution is 2.17. The van der Waals surface area contributed by atoms with E-state index in [9.17, 15) is 9.18 Å². The van der Waals surface area contributed by atoms with Crippen LogP contribution < -0.4 is 15.5 Å². The number of rotatable bonds is 7. The number of anilines is 2. The van der Waals surface area contributed by atoms with Crippen LogP contribution in [0.25, 0.3) is 0 Å². The Morgan fingerprint density at radius 2 is 2.00 bits per heavy atom. The first-order valence-corrected chi connectivity index (χ1v) is 9.04. The maximum atomic E-state index is 13.6. The van der Waals surface area contributed by atoms with Crippen LogP contribution in [0.1, 0.15) is 11.4 Å². The predicted molar refractivity (Wildman–Crippen MR) is 101 cm³/mol. The minimum absolute atomic E-state index is 0.0282. The maximum absolute atomic E-state index is 13.6. The number of hydrogen-bond donors (Lipinski definition) is 2. The van der Waals surface area contributed by atoms with Crippen LogP contribution in [0.15, 0.2) is 30.3 Å². The normalized spacial score (nSPS) is 14.1. The van der Waals surface area contributed by atoms with Gasteiger partial charge in [-0.3, -0.25) is 4.79 Å². The fourth-order valence-corrected chi connectivity index (χ4v) is 2.87. The van der Waals surface area contributed by atoms with Crippen molar-refractivity contribution in [2.45, 2.75) is 13.3 Å². The number of nitrogens with one attached hydrogen (secondary N) is 2. The summed E-state index contributed by atoms with van der Waals surface area (Å²) < 4.78 is 18.9. The fourth-order valence-electron chi connectivity index (χ4n) is 2.87. The lowest BCUT2D eigenvalue weighted by Gasteiger charge is -2.28. The zero-order valence-corrected chi connectivity index (χ0v) is 15.4. The Labute approximate surface area is 158 Å². The molecule has 1 aliphatic rings. The molecule has 2 N–H and O–H groups in total. The lowest BCUT2D eigenvalue weighted by molar-refractivity contribution is -0.120. The van der Waals surface area contributed by atoms with Gasteiger partial charge in [0.2, 0.25) is 5.91 Å². The second kappa shape index (κ2) is 9.27. The number of halogens is 1. The van der Waals surface area contributed by atoms with Crippen LogP contribution in [0.4, 0.5) is 16.0 Å². The number of hydrogen-bond acceptors (Lipinski definition) is 6. The molecule has 0 atom stereocenters. The van der Waals surface area contributed by atoms with Gasteiger partial charge < -0.3 is 20.3 Å². The van der Waals surface area contributed by atoms with Crippen molar-refractivity contribution < 1.29 is 13.9 Å². The minimum atomic E-state index is -0.363. The quantitative estimate of drug-likeness (QED) is 0.717. The molecule has 1 aromatic heterocycles. The average Bonchev–Trinajstić information content (AvgIpc) is 2.67. The van der Waals surface area contributed by atoms with Crippen molar-refractivity contribution in [3.8, 4) is 0 Å². The molecule has 3 rings (SSSR count). The highest BCUT2D eigenvalue weighted by atomic mass is 19.1. The summed E-state index contributed by atoms with van der Waals surface area (Å²) in [6, 6.07) is 8.20. The number of carbonyl (C=O) groups excluding carboxylic acids is 1. The summed E-state index contributed by atoms with van der Waals surface area (Å²) >= 11 is 0. The van der Waals surface area contributed by atoms with E-state index in [0.717, 1.165) is 18.9 Å². The molecule has 1 fully saturated rings. The van der Waals surface area contributed by atoms with E-state index >= 15 is 0 Å². The lowest BCUT2D eigenvalue weighted by atomic mass is 10.1. The summed E-state index contributed by atoms with van der Waals surface area (Å²) in [5, 5.41) is 5.98. The van der Waals surface area contributed by atoms with E-state index in [1.54, 1.807) is 18.2 Å². The van der Waals surface area contributed by atoms with Gasteiger partial charge in [0.15, 0.2) is 0 Å². The first-order chi connectivity index (χ1) is 13.1. The summed E-state index contributed by atoms with van der Waals surface area (Å²) in [6.07, 6.45) is 0.0282. The second-order valence-electron chi connectivity index (χ2n) is 6.30. The number of ether oxygens (including phenoxy) is 1. The zero-order chi connectivity index (χ0) is 19.1. The second-order valence-corrected chi connectivity index (χ2v) is 6.30. The van der Waals surface area contributed by atoms with Crippen molar-refractivity contribution >= 4 is 17.5 Å². The van der Waals surface area contributed by atoms with Gasteiger partial charge in [0, 0.05) is 32.2 Å². The number of benzene rings is 1. The molecule has 2 aromatic rings. The van der Waals surface area contributed by atoms with E-state index in [4.69, 9.17) is 4.74 Å². The number of amides is 1. The van der Waals surface area contributed by atoms with E-state index < -0.39 is 0 Å². The first kappa shape index (κ1) is 19.0. The topological polar surface area (TPSA) is 79.4 Å². The number of carbonyl (C=O) groups is 1. The van der Waals surface area contributed by atoms with Gasteiger partial charge in [0.05, 0.1) is 19.6 Å². The van der Waals surface area contributed by atoms with Gasteiger partial charge in [-0.05, 0) is 18.6 Å². The van der Waals surface area contributed by atoms with Gasteiger partial charge in [0.1, 0.15) is 23.3 Å². The van der Waals surface area contributed by atoms with Crippen LogP contribution in [0.5, 0.6) is 0 Å². The minimum Gasteiger partial charge on any atom is -0.378 e. The molecule has 1 saturated heterocycles. The van der Waals surface area contributed by atoms with Crippen LogP contribution in [-0.4, -0.2) is 55.3 Å². The van der Waals surface area contributed by atoms with E-state index in [1.165, 1.54) is 6.07 Å². The maximum Gasteiger partial charge on any atom is 0.224 e. The van der Waals surface area contributed by atoms with Gasteiger partial charge >= 0.3 is 0 Å². The molecule has 1 amide bonds. The van der Waals surface area contributed by atoms with Gasteiger partial charge in [0.25, 0.3) is 0 Å². The summed E-state index contributed by atoms with van der Waals surface area (Å²) in [4.78, 5) is 23.0. The van der Waals surface area contributed by atoms with E-state index in [-0.39, 0.29) is 18.1 Å². The van der Waals surface area contributed by atoms with E-state index in [2.05, 4.69) is 25.5 Å². The van der Waals surface area contributed by atoms with Crippen molar-refractivity contribution in [3.63, 3.8) is 0 Å². The molecule has 0 aliphatic carbocycles. The molecule has 0 bridgehead atoms. The number of aromatic nitrogens is 2. The largest absolute Gasteiger partial charge is 0.378 e. The molecule has 0 radical (unpaired) electrons. The monoisotopic (exact) mass is 373 g/mol. The number of nitrogens with zero attached hydrogens (tertiary/aromatic N) is 3. The fraction of sp³-hybridized carbons (Fsp3) is 0.421. The Kier molecular flexibility index (Phi) is 6.54. The average molecular weight is 373 g/mol. The molecule has 8 heteroatoms. The van der Waals surface area contributed by atoms with Crippen molar-refractivity contribution in [2.75, 3.05) is 49.6 Å².